The third-order valence-corrected chi connectivity index (χ3v) is 8.37. The number of sulfone groups is 1. The van der Waals surface area contributed by atoms with Crippen LogP contribution < -0.4 is 16.4 Å². The van der Waals surface area contributed by atoms with E-state index in [2.05, 4.69) is 10.6 Å². The predicted molar refractivity (Wildman–Crippen MR) is 137 cm³/mol. The zero-order valence-corrected chi connectivity index (χ0v) is 22.3. The molecular weight excluding hydrogens is 545 g/mol. The van der Waals surface area contributed by atoms with Gasteiger partial charge in [-0.2, -0.15) is 13.2 Å². The fourth-order valence-corrected chi connectivity index (χ4v) is 5.70. The molecule has 0 saturated carbocycles. The van der Waals surface area contributed by atoms with Crippen molar-refractivity contribution in [2.24, 2.45) is 5.73 Å². The summed E-state index contributed by atoms with van der Waals surface area (Å²) in [5.41, 5.74) is 4.43. The molecule has 3 rings (SSSR count). The molecule has 1 aliphatic rings. The average Bonchev–Trinajstić information content (AvgIpc) is 2.86. The van der Waals surface area contributed by atoms with Gasteiger partial charge in [-0.05, 0) is 60.8 Å². The van der Waals surface area contributed by atoms with Crippen molar-refractivity contribution >= 4 is 33.3 Å². The Morgan fingerprint density at radius 2 is 1.89 bits per heavy atom. The number of nitrogens with one attached hydrogen (secondary N) is 2. The maximum atomic E-state index is 14.0. The summed E-state index contributed by atoms with van der Waals surface area (Å²) >= 11 is 5.99. The van der Waals surface area contributed by atoms with E-state index in [0.717, 1.165) is 6.07 Å². The molecule has 1 unspecified atom stereocenters. The minimum Gasteiger partial charge on any atom is -0.351 e. The van der Waals surface area contributed by atoms with Crippen molar-refractivity contribution in [1.82, 2.24) is 15.5 Å². The second-order valence-corrected chi connectivity index (χ2v) is 11.7. The van der Waals surface area contributed by atoms with Gasteiger partial charge >= 0.3 is 6.18 Å². The summed E-state index contributed by atoms with van der Waals surface area (Å²) < 4.78 is 66.6. The first-order chi connectivity index (χ1) is 17.8. The van der Waals surface area contributed by atoms with Crippen LogP contribution in [0.15, 0.2) is 41.3 Å². The fraction of sp³-hybridized carbons (Fsp3) is 0.440. The fourth-order valence-electron chi connectivity index (χ4n) is 4.39. The zero-order chi connectivity index (χ0) is 28.1. The van der Waals surface area contributed by atoms with E-state index in [4.69, 9.17) is 17.3 Å². The van der Waals surface area contributed by atoms with E-state index in [1.807, 2.05) is 4.90 Å². The molecule has 208 valence electrons. The highest BCUT2D eigenvalue weighted by Gasteiger charge is 2.35. The molecule has 1 aliphatic heterocycles. The predicted octanol–water partition coefficient (Wildman–Crippen LogP) is 3.12. The molecule has 38 heavy (non-hydrogen) atoms. The van der Waals surface area contributed by atoms with Crippen LogP contribution in [-0.2, 0) is 33.9 Å². The number of alkyl halides is 3. The molecule has 0 spiro atoms. The first-order valence-electron chi connectivity index (χ1n) is 12.0. The maximum Gasteiger partial charge on any atom is 0.416 e. The molecule has 1 saturated heterocycles. The Morgan fingerprint density at radius 3 is 2.55 bits per heavy atom. The second kappa shape index (κ2) is 12.5. The number of hydrogen-bond donors (Lipinski definition) is 3. The van der Waals surface area contributed by atoms with Gasteiger partial charge < -0.3 is 16.4 Å². The number of nitrogens with two attached hydrogens (primary N) is 1. The number of likely N-dealkylation sites (tertiary alicyclic amines) is 1. The van der Waals surface area contributed by atoms with Crippen LogP contribution >= 0.6 is 11.6 Å². The van der Waals surface area contributed by atoms with Gasteiger partial charge in [0, 0.05) is 36.3 Å². The van der Waals surface area contributed by atoms with Crippen LogP contribution in [0.4, 0.5) is 13.2 Å². The van der Waals surface area contributed by atoms with Gasteiger partial charge in [-0.3, -0.25) is 14.5 Å². The lowest BCUT2D eigenvalue weighted by atomic mass is 10.00. The standard InChI is InChI=1S/C25H30ClF3N4O4S/c1-2-38(36,37)22-8-7-19(26)10-18(22)13-31-24(35)16-5-6-17(21(11-16)25(27,28)29)14-33-9-3-4-20(15-33)32-23(34)12-30/h5-8,10-11,20H,2-4,9,12-15,30H2,1H3,(H,31,35)(H,32,34). The lowest BCUT2D eigenvalue weighted by Crippen LogP contribution is -2.48. The van der Waals surface area contributed by atoms with Crippen LogP contribution in [0.2, 0.25) is 5.02 Å². The molecule has 1 heterocycles. The van der Waals surface area contributed by atoms with Crippen LogP contribution in [0.5, 0.6) is 0 Å². The number of piperidine rings is 1. The summed E-state index contributed by atoms with van der Waals surface area (Å²) in [5.74, 6) is -1.27. The quantitative estimate of drug-likeness (QED) is 0.423. The van der Waals surface area contributed by atoms with E-state index in [1.165, 1.54) is 37.3 Å². The third kappa shape index (κ3) is 7.68. The van der Waals surface area contributed by atoms with Gasteiger partial charge in [-0.25, -0.2) is 8.42 Å². The van der Waals surface area contributed by atoms with Crippen molar-refractivity contribution in [3.8, 4) is 0 Å². The van der Waals surface area contributed by atoms with E-state index >= 15 is 0 Å². The summed E-state index contributed by atoms with van der Waals surface area (Å²) in [7, 11) is -3.61. The van der Waals surface area contributed by atoms with Crippen molar-refractivity contribution in [2.45, 2.75) is 50.0 Å². The zero-order valence-electron chi connectivity index (χ0n) is 20.8. The summed E-state index contributed by atoms with van der Waals surface area (Å²) in [6.07, 6.45) is -3.29. The van der Waals surface area contributed by atoms with E-state index in [1.54, 1.807) is 0 Å². The lowest BCUT2D eigenvalue weighted by Gasteiger charge is -2.33. The van der Waals surface area contributed by atoms with Gasteiger partial charge in [-0.15, -0.1) is 0 Å². The second-order valence-electron chi connectivity index (χ2n) is 9.05. The van der Waals surface area contributed by atoms with Crippen LogP contribution in [0.25, 0.3) is 0 Å². The molecule has 0 aromatic heterocycles. The molecule has 2 aromatic rings. The van der Waals surface area contributed by atoms with Crippen molar-refractivity contribution in [3.05, 3.63) is 63.7 Å². The SMILES string of the molecule is CCS(=O)(=O)c1ccc(Cl)cc1CNC(=O)c1ccc(CN2CCCC(NC(=O)CN)C2)c(C(F)(F)F)c1. The van der Waals surface area contributed by atoms with Crippen molar-refractivity contribution < 1.29 is 31.2 Å². The first kappa shape index (κ1) is 29.9. The molecule has 4 N–H and O–H groups in total. The van der Waals surface area contributed by atoms with Crippen LogP contribution in [0, 0.1) is 0 Å². The molecule has 0 radical (unpaired) electrons. The number of hydrogen-bond acceptors (Lipinski definition) is 6. The number of carbonyl (C=O) groups is 2. The van der Waals surface area contributed by atoms with Crippen LogP contribution in [0.1, 0.15) is 46.8 Å². The molecule has 13 heteroatoms. The normalized spacial score (nSPS) is 16.7. The topological polar surface area (TPSA) is 122 Å². The van der Waals surface area contributed by atoms with Gasteiger partial charge in [0.25, 0.3) is 5.91 Å². The van der Waals surface area contributed by atoms with Crippen molar-refractivity contribution in [2.75, 3.05) is 25.4 Å². The Kier molecular flexibility index (Phi) is 9.80. The van der Waals surface area contributed by atoms with Crippen LogP contribution in [-0.4, -0.2) is 56.6 Å². The molecule has 0 aliphatic carbocycles. The Hall–Kier alpha value is -2.67. The van der Waals surface area contributed by atoms with Crippen molar-refractivity contribution in [1.29, 1.82) is 0 Å². The van der Waals surface area contributed by atoms with Gasteiger partial charge in [-0.1, -0.05) is 24.6 Å². The number of nitrogens with zero attached hydrogens (tertiary/aromatic N) is 1. The Bertz CT molecular complexity index is 1290. The summed E-state index contributed by atoms with van der Waals surface area (Å²) in [4.78, 5) is 26.2. The number of halogens is 4. The van der Waals surface area contributed by atoms with Gasteiger partial charge in [0.1, 0.15) is 0 Å². The van der Waals surface area contributed by atoms with E-state index in [-0.39, 0.29) is 63.9 Å². The number of amides is 2. The molecule has 2 amide bonds. The minimum absolute atomic E-state index is 0.00137. The van der Waals surface area contributed by atoms with Crippen molar-refractivity contribution in [3.63, 3.8) is 0 Å². The third-order valence-electron chi connectivity index (χ3n) is 6.30. The highest BCUT2D eigenvalue weighted by Crippen LogP contribution is 2.34. The minimum atomic E-state index is -4.70. The number of benzene rings is 2. The summed E-state index contributed by atoms with van der Waals surface area (Å²) in [6.45, 7) is 2.02. The molecule has 2 aromatic carbocycles. The molecular formula is C25H30ClF3N4O4S. The molecule has 1 atom stereocenters. The van der Waals surface area contributed by atoms with Gasteiger partial charge in [0.05, 0.1) is 22.8 Å². The van der Waals surface area contributed by atoms with Crippen LogP contribution in [0.3, 0.4) is 0 Å². The number of rotatable bonds is 9. The monoisotopic (exact) mass is 574 g/mol. The molecule has 1 fully saturated rings. The largest absolute Gasteiger partial charge is 0.416 e. The smallest absolute Gasteiger partial charge is 0.351 e. The molecule has 0 bridgehead atoms. The van der Waals surface area contributed by atoms with Gasteiger partial charge in [0.2, 0.25) is 5.91 Å². The van der Waals surface area contributed by atoms with E-state index in [0.29, 0.717) is 25.9 Å². The summed E-state index contributed by atoms with van der Waals surface area (Å²) in [6, 6.07) is 7.32. The lowest BCUT2D eigenvalue weighted by molar-refractivity contribution is -0.138. The Balaban J connectivity index is 1.78. The first-order valence-corrected chi connectivity index (χ1v) is 14.1. The highest BCUT2D eigenvalue weighted by molar-refractivity contribution is 7.91. The number of carbonyl (C=O) groups excluding carboxylic acids is 2. The Morgan fingerprint density at radius 1 is 1.16 bits per heavy atom. The Labute approximate surface area is 224 Å². The van der Waals surface area contributed by atoms with E-state index in [9.17, 15) is 31.2 Å². The highest BCUT2D eigenvalue weighted by atomic mass is 35.5. The maximum absolute atomic E-state index is 14.0. The summed E-state index contributed by atoms with van der Waals surface area (Å²) in [5, 5.41) is 5.53. The average molecular weight is 575 g/mol. The molecule has 8 nitrogen and oxygen atoms in total. The van der Waals surface area contributed by atoms with E-state index < -0.39 is 27.5 Å². The van der Waals surface area contributed by atoms with Gasteiger partial charge in [0.15, 0.2) is 9.84 Å².